The minimum Gasteiger partial charge on any atom is -0.399 e. The second-order valence-electron chi connectivity index (χ2n) is 4.17. The molecular weight excluding hydrogens is 202 g/mol. The standard InChI is InChI=1S/C12H17N3O/c1-2-15(9-4-5-9)12(16)10-6-3-8(13)7-11(10)14/h3,6-7,9H,2,4-5,13-14H2,1H3. The molecule has 0 bridgehead atoms. The summed E-state index contributed by atoms with van der Waals surface area (Å²) >= 11 is 0. The van der Waals surface area contributed by atoms with Crippen LogP contribution in [0.5, 0.6) is 0 Å². The maximum absolute atomic E-state index is 12.2. The van der Waals surface area contributed by atoms with Gasteiger partial charge in [-0.2, -0.15) is 0 Å². The average molecular weight is 219 g/mol. The minimum atomic E-state index is 0.0162. The molecule has 0 unspecified atom stereocenters. The molecule has 1 aliphatic carbocycles. The van der Waals surface area contributed by atoms with Gasteiger partial charge >= 0.3 is 0 Å². The van der Waals surface area contributed by atoms with Gasteiger partial charge in [-0.3, -0.25) is 4.79 Å². The van der Waals surface area contributed by atoms with Gasteiger partial charge in [0.25, 0.3) is 5.91 Å². The van der Waals surface area contributed by atoms with Crippen LogP contribution in [0.4, 0.5) is 11.4 Å². The highest BCUT2D eigenvalue weighted by Gasteiger charge is 2.32. The number of nitrogens with two attached hydrogens (primary N) is 2. The van der Waals surface area contributed by atoms with Gasteiger partial charge in [0.15, 0.2) is 0 Å². The van der Waals surface area contributed by atoms with Gasteiger partial charge in [-0.05, 0) is 38.0 Å². The Labute approximate surface area is 95.2 Å². The lowest BCUT2D eigenvalue weighted by Gasteiger charge is -2.21. The Bertz CT molecular complexity index is 413. The molecule has 0 spiro atoms. The van der Waals surface area contributed by atoms with E-state index in [-0.39, 0.29) is 5.91 Å². The summed E-state index contributed by atoms with van der Waals surface area (Å²) < 4.78 is 0. The SMILES string of the molecule is CCN(C(=O)c1ccc(N)cc1N)C1CC1. The quantitative estimate of drug-likeness (QED) is 0.756. The summed E-state index contributed by atoms with van der Waals surface area (Å²) in [5.74, 6) is 0.0162. The van der Waals surface area contributed by atoms with E-state index in [9.17, 15) is 4.79 Å². The lowest BCUT2D eigenvalue weighted by atomic mass is 10.1. The predicted octanol–water partition coefficient (Wildman–Crippen LogP) is 1.48. The second-order valence-corrected chi connectivity index (χ2v) is 4.17. The second kappa shape index (κ2) is 4.04. The Morgan fingerprint density at radius 1 is 1.44 bits per heavy atom. The molecule has 4 N–H and O–H groups in total. The highest BCUT2D eigenvalue weighted by atomic mass is 16.2. The van der Waals surface area contributed by atoms with E-state index in [1.54, 1.807) is 18.2 Å². The largest absolute Gasteiger partial charge is 0.399 e. The zero-order valence-corrected chi connectivity index (χ0v) is 9.44. The molecule has 1 aliphatic rings. The monoisotopic (exact) mass is 219 g/mol. The third kappa shape index (κ3) is 1.96. The Morgan fingerprint density at radius 2 is 2.12 bits per heavy atom. The van der Waals surface area contributed by atoms with Crippen LogP contribution >= 0.6 is 0 Å². The van der Waals surface area contributed by atoms with Crippen LogP contribution in [0.25, 0.3) is 0 Å². The number of hydrogen-bond acceptors (Lipinski definition) is 3. The van der Waals surface area contributed by atoms with Gasteiger partial charge in [-0.15, -0.1) is 0 Å². The van der Waals surface area contributed by atoms with Crippen LogP contribution in [0.2, 0.25) is 0 Å². The van der Waals surface area contributed by atoms with Crippen molar-refractivity contribution in [3.8, 4) is 0 Å². The Morgan fingerprint density at radius 3 is 2.62 bits per heavy atom. The Kier molecular flexibility index (Phi) is 2.73. The maximum Gasteiger partial charge on any atom is 0.256 e. The molecule has 1 fully saturated rings. The van der Waals surface area contributed by atoms with E-state index in [4.69, 9.17) is 11.5 Å². The number of nitrogens with zero attached hydrogens (tertiary/aromatic N) is 1. The number of hydrogen-bond donors (Lipinski definition) is 2. The number of nitrogen functional groups attached to an aromatic ring is 2. The first kappa shape index (κ1) is 10.8. The molecule has 1 aromatic carbocycles. The molecule has 2 rings (SSSR count). The summed E-state index contributed by atoms with van der Waals surface area (Å²) in [6.45, 7) is 2.72. The maximum atomic E-state index is 12.2. The van der Waals surface area contributed by atoms with Crippen molar-refractivity contribution in [1.82, 2.24) is 4.90 Å². The Hall–Kier alpha value is -1.71. The molecule has 86 valence electrons. The predicted molar refractivity (Wildman–Crippen MR) is 65.0 cm³/mol. The van der Waals surface area contributed by atoms with Crippen molar-refractivity contribution in [2.75, 3.05) is 18.0 Å². The van der Waals surface area contributed by atoms with E-state index in [0.717, 1.165) is 19.4 Å². The van der Waals surface area contributed by atoms with E-state index in [1.165, 1.54) is 0 Å². The van der Waals surface area contributed by atoms with E-state index in [0.29, 0.717) is 23.0 Å². The molecule has 0 radical (unpaired) electrons. The third-order valence-corrected chi connectivity index (χ3v) is 2.90. The molecule has 0 aliphatic heterocycles. The zero-order valence-electron chi connectivity index (χ0n) is 9.44. The van der Waals surface area contributed by atoms with Gasteiger partial charge < -0.3 is 16.4 Å². The summed E-state index contributed by atoms with van der Waals surface area (Å²) in [4.78, 5) is 14.1. The van der Waals surface area contributed by atoms with Gasteiger partial charge in [0, 0.05) is 24.0 Å². The van der Waals surface area contributed by atoms with E-state index in [2.05, 4.69) is 0 Å². The first-order chi connectivity index (χ1) is 7.63. The number of carbonyl (C=O) groups excluding carboxylic acids is 1. The van der Waals surface area contributed by atoms with Crippen LogP contribution in [0.1, 0.15) is 30.1 Å². The minimum absolute atomic E-state index is 0.0162. The highest BCUT2D eigenvalue weighted by molar-refractivity contribution is 6.00. The topological polar surface area (TPSA) is 72.3 Å². The average Bonchev–Trinajstić information content (AvgIpc) is 3.02. The zero-order chi connectivity index (χ0) is 11.7. The van der Waals surface area contributed by atoms with Crippen LogP contribution in [-0.2, 0) is 0 Å². The Balaban J connectivity index is 2.25. The molecular formula is C12H17N3O. The normalized spacial score (nSPS) is 14.8. The molecule has 1 amide bonds. The highest BCUT2D eigenvalue weighted by Crippen LogP contribution is 2.29. The van der Waals surface area contributed by atoms with E-state index < -0.39 is 0 Å². The van der Waals surface area contributed by atoms with Gasteiger partial charge in [-0.1, -0.05) is 0 Å². The summed E-state index contributed by atoms with van der Waals surface area (Å²) in [6.07, 6.45) is 2.21. The van der Waals surface area contributed by atoms with Gasteiger partial charge in [0.1, 0.15) is 0 Å². The number of rotatable bonds is 3. The molecule has 1 aromatic rings. The molecule has 4 nitrogen and oxygen atoms in total. The summed E-state index contributed by atoms with van der Waals surface area (Å²) in [6, 6.07) is 5.46. The smallest absolute Gasteiger partial charge is 0.256 e. The van der Waals surface area contributed by atoms with Gasteiger partial charge in [0.2, 0.25) is 0 Å². The number of benzene rings is 1. The van der Waals surface area contributed by atoms with Crippen molar-refractivity contribution in [2.24, 2.45) is 0 Å². The molecule has 0 aromatic heterocycles. The molecule has 0 heterocycles. The van der Waals surface area contributed by atoms with Gasteiger partial charge in [-0.25, -0.2) is 0 Å². The van der Waals surface area contributed by atoms with E-state index >= 15 is 0 Å². The molecule has 0 saturated heterocycles. The number of amides is 1. The number of anilines is 2. The molecule has 4 heteroatoms. The third-order valence-electron chi connectivity index (χ3n) is 2.90. The van der Waals surface area contributed by atoms with Crippen LogP contribution in [0.3, 0.4) is 0 Å². The molecule has 16 heavy (non-hydrogen) atoms. The van der Waals surface area contributed by atoms with Crippen LogP contribution < -0.4 is 11.5 Å². The van der Waals surface area contributed by atoms with Crippen molar-refractivity contribution in [3.63, 3.8) is 0 Å². The van der Waals surface area contributed by atoms with E-state index in [1.807, 2.05) is 11.8 Å². The first-order valence-electron chi connectivity index (χ1n) is 5.59. The summed E-state index contributed by atoms with van der Waals surface area (Å²) in [5, 5.41) is 0. The summed E-state index contributed by atoms with van der Waals surface area (Å²) in [7, 11) is 0. The summed E-state index contributed by atoms with van der Waals surface area (Å²) in [5.41, 5.74) is 13.0. The number of carbonyl (C=O) groups is 1. The van der Waals surface area contributed by atoms with Crippen LogP contribution in [0, 0.1) is 0 Å². The molecule has 0 atom stereocenters. The van der Waals surface area contributed by atoms with Crippen molar-refractivity contribution in [3.05, 3.63) is 23.8 Å². The van der Waals surface area contributed by atoms with Gasteiger partial charge in [0.05, 0.1) is 5.56 Å². The van der Waals surface area contributed by atoms with Crippen molar-refractivity contribution in [2.45, 2.75) is 25.8 Å². The van der Waals surface area contributed by atoms with Crippen molar-refractivity contribution in [1.29, 1.82) is 0 Å². The van der Waals surface area contributed by atoms with Crippen LogP contribution in [0.15, 0.2) is 18.2 Å². The lowest BCUT2D eigenvalue weighted by molar-refractivity contribution is 0.0753. The fourth-order valence-electron chi connectivity index (χ4n) is 1.88. The van der Waals surface area contributed by atoms with Crippen LogP contribution in [-0.4, -0.2) is 23.4 Å². The fraction of sp³-hybridized carbons (Fsp3) is 0.417. The lowest BCUT2D eigenvalue weighted by Crippen LogP contribution is -2.33. The van der Waals surface area contributed by atoms with Crippen molar-refractivity contribution < 1.29 is 4.79 Å². The first-order valence-corrected chi connectivity index (χ1v) is 5.59. The van der Waals surface area contributed by atoms with Crippen molar-refractivity contribution >= 4 is 17.3 Å². The fourth-order valence-corrected chi connectivity index (χ4v) is 1.88. The molecule has 1 saturated carbocycles.